The molecule has 2 atom stereocenters. The Kier molecular flexibility index (Phi) is 7.69. The van der Waals surface area contributed by atoms with Crippen molar-refractivity contribution in [1.82, 2.24) is 15.2 Å². The topological polar surface area (TPSA) is 171 Å². The van der Waals surface area contributed by atoms with Crippen LogP contribution < -0.4 is 20.5 Å². The van der Waals surface area contributed by atoms with Gasteiger partial charge in [0.15, 0.2) is 23.2 Å². The van der Waals surface area contributed by atoms with E-state index in [0.717, 1.165) is 42.7 Å². The highest BCUT2D eigenvalue weighted by atomic mass is 32.1. The first-order chi connectivity index (χ1) is 20.7. The van der Waals surface area contributed by atoms with E-state index in [9.17, 15) is 24.3 Å². The number of thiazole rings is 1. The number of allylic oxidation sites excluding steroid dienone is 2. The van der Waals surface area contributed by atoms with Crippen LogP contribution in [0.3, 0.4) is 0 Å². The Labute approximate surface area is 251 Å². The van der Waals surface area contributed by atoms with Crippen LogP contribution >= 0.6 is 11.3 Å². The molecule has 1 saturated carbocycles. The van der Waals surface area contributed by atoms with Gasteiger partial charge in [-0.1, -0.05) is 5.16 Å². The number of aromatic nitrogens is 2. The zero-order valence-electron chi connectivity index (χ0n) is 23.6. The molecule has 0 radical (unpaired) electrons. The average molecular weight is 607 g/mol. The number of pyridine rings is 1. The summed E-state index contributed by atoms with van der Waals surface area (Å²) in [5.74, 6) is -2.65. The zero-order valence-corrected chi connectivity index (χ0v) is 24.4. The molecule has 2 unspecified atom stereocenters. The molecule has 2 aromatic heterocycles. The molecule has 14 heteroatoms. The van der Waals surface area contributed by atoms with Crippen molar-refractivity contribution >= 4 is 51.6 Å². The summed E-state index contributed by atoms with van der Waals surface area (Å²) in [6.45, 7) is 0.479. The van der Waals surface area contributed by atoms with Crippen LogP contribution in [0.1, 0.15) is 50.6 Å². The lowest BCUT2D eigenvalue weighted by Crippen LogP contribution is -2.72. The number of nitrogens with two attached hydrogens (primary N) is 1. The highest BCUT2D eigenvalue weighted by Gasteiger charge is 2.53. The Morgan fingerprint density at radius 2 is 1.95 bits per heavy atom. The number of amides is 3. The average Bonchev–Trinajstić information content (AvgIpc) is 3.75. The van der Waals surface area contributed by atoms with Crippen LogP contribution in [0.25, 0.3) is 0 Å². The second kappa shape index (κ2) is 11.6. The van der Waals surface area contributed by atoms with Crippen molar-refractivity contribution in [3.63, 3.8) is 0 Å². The Bertz CT molecular complexity index is 1570. The number of hydrogen-bond acceptors (Lipinski definition) is 9. The van der Waals surface area contributed by atoms with Crippen molar-refractivity contribution in [3.8, 4) is 0 Å². The maximum atomic E-state index is 13.3. The predicted molar refractivity (Wildman–Crippen MR) is 156 cm³/mol. The molecule has 3 fully saturated rings. The molecule has 4 aliphatic rings. The van der Waals surface area contributed by atoms with Crippen molar-refractivity contribution in [2.24, 2.45) is 12.2 Å². The lowest BCUT2D eigenvalue weighted by Gasteiger charge is -2.50. The van der Waals surface area contributed by atoms with Crippen molar-refractivity contribution in [3.05, 3.63) is 58.5 Å². The Morgan fingerprint density at radius 3 is 2.63 bits per heavy atom. The Hall–Kier alpha value is -4.59. The van der Waals surface area contributed by atoms with Crippen molar-refractivity contribution < 1.29 is 33.7 Å². The van der Waals surface area contributed by atoms with Crippen LogP contribution in [0, 0.1) is 0 Å². The van der Waals surface area contributed by atoms with Gasteiger partial charge in [-0.05, 0) is 56.6 Å². The Balaban J connectivity index is 1.19. The third kappa shape index (κ3) is 5.49. The molecule has 2 saturated heterocycles. The molecule has 43 heavy (non-hydrogen) atoms. The normalized spacial score (nSPS) is 23.6. The number of fused-ring (bicyclic) bond motifs is 1. The third-order valence-electron chi connectivity index (χ3n) is 8.28. The highest BCUT2D eigenvalue weighted by molar-refractivity contribution is 7.13. The summed E-state index contributed by atoms with van der Waals surface area (Å²) in [6.07, 6.45) is 10.1. The van der Waals surface area contributed by atoms with Gasteiger partial charge in [0.25, 0.3) is 17.7 Å². The molecule has 3 aliphatic heterocycles. The first-order valence-electron chi connectivity index (χ1n) is 14.2. The Morgan fingerprint density at radius 1 is 1.21 bits per heavy atom. The van der Waals surface area contributed by atoms with E-state index in [1.54, 1.807) is 16.4 Å². The van der Waals surface area contributed by atoms with Gasteiger partial charge in [0, 0.05) is 29.6 Å². The first kappa shape index (κ1) is 28.5. The minimum atomic E-state index is -1.27. The van der Waals surface area contributed by atoms with Crippen LogP contribution in [0.4, 0.5) is 10.8 Å². The van der Waals surface area contributed by atoms with E-state index in [1.165, 1.54) is 4.90 Å². The molecular formula is C29H32N7O6S+. The number of carbonyl (C=O) groups is 4. The molecule has 1 aliphatic carbocycles. The maximum Gasteiger partial charge on any atom is 0.352 e. The number of nitrogen functional groups attached to an aromatic ring is 1. The number of β-lactam (4-membered cyclic amide) rings is 1. The number of carbonyl (C=O) groups excluding carboxylic acids is 3. The fraction of sp³-hybridized carbons (Fsp3) is 0.414. The van der Waals surface area contributed by atoms with E-state index in [0.29, 0.717) is 37.0 Å². The summed E-state index contributed by atoms with van der Waals surface area (Å²) in [6, 6.07) is 2.21. The number of rotatable bonds is 8. The first-order valence-corrected chi connectivity index (χ1v) is 15.1. The van der Waals surface area contributed by atoms with E-state index in [-0.39, 0.29) is 34.2 Å². The van der Waals surface area contributed by atoms with Gasteiger partial charge >= 0.3 is 5.97 Å². The summed E-state index contributed by atoms with van der Waals surface area (Å²) < 4.78 is 1.87. The monoisotopic (exact) mass is 606 g/mol. The molecule has 5 heterocycles. The summed E-state index contributed by atoms with van der Waals surface area (Å²) in [5, 5.41) is 18.8. The number of nitrogens with zero attached hydrogens (tertiary/aromatic N) is 5. The number of anilines is 2. The van der Waals surface area contributed by atoms with Gasteiger partial charge < -0.3 is 25.9 Å². The lowest BCUT2D eigenvalue weighted by molar-refractivity contribution is -0.671. The standard InChI is InChI=1S/C29H31N7O6S/c1-34-11-9-18(10-12-34)35-13-8-17(26(35)38)14-16-6-7-21-23(27(39)36(21)24(16)28(40)41)32-25(37)22(20-15-43-29(30)31-20)33-42-19-4-2-3-5-19/h9-12,14-15,19,21,23H,2-8,13H2,1H3,(H3-,30,31,32,37,40,41)/p+1/b17-14?,33-22-. The largest absolute Gasteiger partial charge is 0.477 e. The van der Waals surface area contributed by atoms with Gasteiger partial charge in [-0.3, -0.25) is 19.3 Å². The van der Waals surface area contributed by atoms with E-state index in [4.69, 9.17) is 10.6 Å². The van der Waals surface area contributed by atoms with Crippen molar-refractivity contribution in [2.45, 2.75) is 63.1 Å². The van der Waals surface area contributed by atoms with Crippen molar-refractivity contribution in [2.75, 3.05) is 17.2 Å². The van der Waals surface area contributed by atoms with Gasteiger partial charge in [0.05, 0.1) is 11.7 Å². The number of carboxylic acids is 1. The van der Waals surface area contributed by atoms with E-state index >= 15 is 0 Å². The third-order valence-corrected chi connectivity index (χ3v) is 8.96. The minimum absolute atomic E-state index is 0.0854. The molecule has 0 bridgehead atoms. The highest BCUT2D eigenvalue weighted by Crippen LogP contribution is 2.38. The number of carboxylic acid groups (broad SMARTS) is 1. The summed E-state index contributed by atoms with van der Waals surface area (Å²) >= 11 is 1.15. The second-order valence-corrected chi connectivity index (χ2v) is 12.0. The van der Waals surface area contributed by atoms with Gasteiger partial charge in [-0.25, -0.2) is 14.3 Å². The molecule has 3 amide bonds. The molecule has 4 N–H and O–H groups in total. The van der Waals surface area contributed by atoms with Crippen LogP contribution in [0.5, 0.6) is 0 Å². The van der Waals surface area contributed by atoms with E-state index < -0.39 is 29.9 Å². The summed E-state index contributed by atoms with van der Waals surface area (Å²) in [4.78, 5) is 64.9. The van der Waals surface area contributed by atoms with Gasteiger partial charge in [-0.15, -0.1) is 11.3 Å². The molecule has 224 valence electrons. The molecule has 0 spiro atoms. The van der Waals surface area contributed by atoms with Crippen molar-refractivity contribution in [1.29, 1.82) is 0 Å². The number of oxime groups is 1. The number of aliphatic carboxylic acids is 1. The summed E-state index contributed by atoms with van der Waals surface area (Å²) in [7, 11) is 1.89. The SMILES string of the molecule is C[n+]1ccc(N2CCC(=CC3=C(C(=O)O)N4C(=O)C(NC(=O)/C(=N\OC5CCCC5)c5csc(N)n5)C4CC3)C2=O)cc1. The van der Waals surface area contributed by atoms with E-state index in [1.807, 2.05) is 36.1 Å². The van der Waals surface area contributed by atoms with Crippen LogP contribution in [0.2, 0.25) is 0 Å². The molecule has 6 rings (SSSR count). The number of hydrogen-bond donors (Lipinski definition) is 3. The maximum absolute atomic E-state index is 13.3. The van der Waals surface area contributed by atoms with Gasteiger partial charge in [0.2, 0.25) is 0 Å². The van der Waals surface area contributed by atoms with Gasteiger partial charge in [-0.2, -0.15) is 0 Å². The quantitative estimate of drug-likeness (QED) is 0.133. The number of aryl methyl sites for hydroxylation is 1. The number of nitrogens with one attached hydrogen (secondary N) is 1. The smallest absolute Gasteiger partial charge is 0.352 e. The molecule has 13 nitrogen and oxygen atoms in total. The predicted octanol–water partition coefficient (Wildman–Crippen LogP) is 1.40. The fourth-order valence-electron chi connectivity index (χ4n) is 6.04. The second-order valence-electron chi connectivity index (χ2n) is 11.1. The molecule has 0 aromatic carbocycles. The van der Waals surface area contributed by atoms with Crippen LogP contribution in [0.15, 0.2) is 58.0 Å². The van der Waals surface area contributed by atoms with Crippen LogP contribution in [-0.2, 0) is 31.1 Å². The zero-order chi connectivity index (χ0) is 30.2. The van der Waals surface area contributed by atoms with Crippen LogP contribution in [-0.4, -0.2) is 69.1 Å². The minimum Gasteiger partial charge on any atom is -0.477 e. The lowest BCUT2D eigenvalue weighted by atomic mass is 9.82. The molecular weight excluding hydrogens is 574 g/mol. The summed E-state index contributed by atoms with van der Waals surface area (Å²) in [5.41, 5.74) is 7.43. The van der Waals surface area contributed by atoms with Gasteiger partial charge in [0.1, 0.15) is 30.6 Å². The molecule has 2 aromatic rings. The van der Waals surface area contributed by atoms with E-state index in [2.05, 4.69) is 15.5 Å². The fourth-order valence-corrected chi connectivity index (χ4v) is 6.59.